The first-order valence-corrected chi connectivity index (χ1v) is 6.70. The van der Waals surface area contributed by atoms with Crippen molar-refractivity contribution in [1.29, 1.82) is 0 Å². The Kier molecular flexibility index (Phi) is 6.59. The van der Waals surface area contributed by atoms with Gasteiger partial charge in [0, 0.05) is 26.7 Å². The van der Waals surface area contributed by atoms with Gasteiger partial charge < -0.3 is 15.0 Å². The van der Waals surface area contributed by atoms with Crippen LogP contribution in [0, 0.1) is 0 Å². The molecule has 1 heterocycles. The number of nitrogens with zero attached hydrogens (tertiary/aromatic N) is 2. The fraction of sp³-hybridized carbons (Fsp3) is 0.538. The molecule has 19 heavy (non-hydrogen) atoms. The number of rotatable bonds is 7. The largest absolute Gasteiger partial charge is 0.383 e. The van der Waals surface area contributed by atoms with Crippen LogP contribution in [0.2, 0.25) is 5.02 Å². The molecule has 0 fully saturated rings. The third kappa shape index (κ3) is 4.36. The molecule has 0 aromatic carbocycles. The highest BCUT2D eigenvalue weighted by molar-refractivity contribution is 6.33. The fourth-order valence-corrected chi connectivity index (χ4v) is 1.81. The Morgan fingerprint density at radius 2 is 2.21 bits per heavy atom. The van der Waals surface area contributed by atoms with E-state index in [0.717, 1.165) is 6.54 Å². The lowest BCUT2D eigenvalue weighted by molar-refractivity contribution is 0.0701. The summed E-state index contributed by atoms with van der Waals surface area (Å²) in [6.45, 7) is 6.22. The highest BCUT2D eigenvalue weighted by Crippen LogP contribution is 2.18. The summed E-state index contributed by atoms with van der Waals surface area (Å²) in [4.78, 5) is 18.3. The molecule has 0 aliphatic carbocycles. The fourth-order valence-electron chi connectivity index (χ4n) is 1.63. The molecule has 0 atom stereocenters. The van der Waals surface area contributed by atoms with Crippen LogP contribution >= 0.6 is 11.6 Å². The molecule has 1 aromatic heterocycles. The first-order chi connectivity index (χ1) is 9.13. The van der Waals surface area contributed by atoms with Crippen molar-refractivity contribution in [2.75, 3.05) is 38.7 Å². The molecule has 5 nitrogen and oxygen atoms in total. The summed E-state index contributed by atoms with van der Waals surface area (Å²) in [5.41, 5.74) is 0.276. The van der Waals surface area contributed by atoms with Crippen LogP contribution in [0.4, 0.5) is 5.82 Å². The summed E-state index contributed by atoms with van der Waals surface area (Å²) in [6, 6.07) is 3.44. The van der Waals surface area contributed by atoms with Gasteiger partial charge in [-0.25, -0.2) is 4.98 Å². The van der Waals surface area contributed by atoms with E-state index in [1.807, 2.05) is 13.8 Å². The Balaban J connectivity index is 2.92. The standard InChI is InChI=1S/C13H20ClN3O2/c1-4-15-11-7-6-10(14)12(16-11)13(18)17(5-2)8-9-19-3/h6-7H,4-5,8-9H2,1-3H3,(H,15,16). The summed E-state index contributed by atoms with van der Waals surface area (Å²) >= 11 is 6.06. The summed E-state index contributed by atoms with van der Waals surface area (Å²) in [5.74, 6) is 0.474. The van der Waals surface area contributed by atoms with Crippen LogP contribution < -0.4 is 5.32 Å². The molecule has 1 N–H and O–H groups in total. The zero-order valence-corrected chi connectivity index (χ0v) is 12.3. The van der Waals surface area contributed by atoms with Crippen molar-refractivity contribution in [1.82, 2.24) is 9.88 Å². The number of aromatic nitrogens is 1. The van der Waals surface area contributed by atoms with Crippen molar-refractivity contribution in [3.8, 4) is 0 Å². The van der Waals surface area contributed by atoms with Crippen molar-refractivity contribution >= 4 is 23.3 Å². The summed E-state index contributed by atoms with van der Waals surface area (Å²) in [7, 11) is 1.61. The Hall–Kier alpha value is -1.33. The number of carbonyl (C=O) groups is 1. The lowest BCUT2D eigenvalue weighted by atomic mass is 10.3. The number of amides is 1. The second kappa shape index (κ2) is 7.96. The van der Waals surface area contributed by atoms with Gasteiger partial charge in [-0.1, -0.05) is 11.6 Å². The lowest BCUT2D eigenvalue weighted by Gasteiger charge is -2.20. The van der Waals surface area contributed by atoms with Crippen LogP contribution in [0.3, 0.4) is 0 Å². The van der Waals surface area contributed by atoms with Gasteiger partial charge in [-0.3, -0.25) is 4.79 Å². The number of ether oxygens (including phenoxy) is 1. The number of hydrogen-bond donors (Lipinski definition) is 1. The van der Waals surface area contributed by atoms with Crippen LogP contribution in [0.1, 0.15) is 24.3 Å². The predicted molar refractivity (Wildman–Crippen MR) is 76.9 cm³/mol. The van der Waals surface area contributed by atoms with Crippen molar-refractivity contribution in [2.45, 2.75) is 13.8 Å². The van der Waals surface area contributed by atoms with E-state index >= 15 is 0 Å². The first-order valence-electron chi connectivity index (χ1n) is 6.32. The number of methoxy groups -OCH3 is 1. The highest BCUT2D eigenvalue weighted by Gasteiger charge is 2.19. The van der Waals surface area contributed by atoms with E-state index in [4.69, 9.17) is 16.3 Å². The average Bonchev–Trinajstić information content (AvgIpc) is 2.42. The minimum Gasteiger partial charge on any atom is -0.383 e. The quantitative estimate of drug-likeness (QED) is 0.835. The van der Waals surface area contributed by atoms with E-state index in [-0.39, 0.29) is 11.6 Å². The number of carbonyl (C=O) groups excluding carboxylic acids is 1. The van der Waals surface area contributed by atoms with Gasteiger partial charge >= 0.3 is 0 Å². The molecular weight excluding hydrogens is 266 g/mol. The molecule has 0 bridgehead atoms. The Labute approximate surface area is 118 Å². The smallest absolute Gasteiger partial charge is 0.274 e. The van der Waals surface area contributed by atoms with E-state index in [2.05, 4.69) is 10.3 Å². The number of anilines is 1. The van der Waals surface area contributed by atoms with E-state index in [9.17, 15) is 4.79 Å². The minimum atomic E-state index is -0.177. The van der Waals surface area contributed by atoms with E-state index in [1.54, 1.807) is 24.1 Å². The van der Waals surface area contributed by atoms with Gasteiger partial charge in [0.05, 0.1) is 11.6 Å². The first kappa shape index (κ1) is 15.7. The monoisotopic (exact) mass is 285 g/mol. The van der Waals surface area contributed by atoms with Gasteiger partial charge in [-0.05, 0) is 26.0 Å². The van der Waals surface area contributed by atoms with Gasteiger partial charge in [0.25, 0.3) is 5.91 Å². The topological polar surface area (TPSA) is 54.5 Å². The number of likely N-dealkylation sites (N-methyl/N-ethyl adjacent to an activating group) is 1. The van der Waals surface area contributed by atoms with Crippen LogP contribution in [0.15, 0.2) is 12.1 Å². The lowest BCUT2D eigenvalue weighted by Crippen LogP contribution is -2.34. The molecule has 0 aliphatic rings. The molecule has 0 saturated carbocycles. The van der Waals surface area contributed by atoms with Gasteiger partial charge in [0.15, 0.2) is 0 Å². The second-order valence-electron chi connectivity index (χ2n) is 3.93. The van der Waals surface area contributed by atoms with Crippen molar-refractivity contribution in [3.63, 3.8) is 0 Å². The van der Waals surface area contributed by atoms with Gasteiger partial charge in [0.2, 0.25) is 0 Å². The average molecular weight is 286 g/mol. The maximum absolute atomic E-state index is 12.4. The molecule has 1 rings (SSSR count). The summed E-state index contributed by atoms with van der Waals surface area (Å²) in [6.07, 6.45) is 0. The predicted octanol–water partition coefficient (Wildman–Crippen LogP) is 2.28. The zero-order valence-electron chi connectivity index (χ0n) is 11.6. The van der Waals surface area contributed by atoms with E-state index in [0.29, 0.717) is 30.5 Å². The van der Waals surface area contributed by atoms with Crippen LogP contribution in [-0.4, -0.2) is 49.1 Å². The van der Waals surface area contributed by atoms with E-state index in [1.165, 1.54) is 0 Å². The number of nitrogens with one attached hydrogen (secondary N) is 1. The number of pyridine rings is 1. The third-order valence-corrected chi connectivity index (χ3v) is 2.95. The maximum Gasteiger partial charge on any atom is 0.274 e. The zero-order chi connectivity index (χ0) is 14.3. The van der Waals surface area contributed by atoms with Gasteiger partial charge in [-0.15, -0.1) is 0 Å². The Morgan fingerprint density at radius 1 is 1.47 bits per heavy atom. The van der Waals surface area contributed by atoms with E-state index < -0.39 is 0 Å². The van der Waals surface area contributed by atoms with Crippen molar-refractivity contribution in [2.24, 2.45) is 0 Å². The Morgan fingerprint density at radius 3 is 2.79 bits per heavy atom. The van der Waals surface area contributed by atoms with Gasteiger partial charge in [-0.2, -0.15) is 0 Å². The van der Waals surface area contributed by atoms with Crippen LogP contribution in [-0.2, 0) is 4.74 Å². The second-order valence-corrected chi connectivity index (χ2v) is 4.34. The normalized spacial score (nSPS) is 10.3. The minimum absolute atomic E-state index is 0.177. The molecule has 0 aliphatic heterocycles. The van der Waals surface area contributed by atoms with Crippen molar-refractivity contribution in [3.05, 3.63) is 22.8 Å². The maximum atomic E-state index is 12.4. The van der Waals surface area contributed by atoms with Crippen molar-refractivity contribution < 1.29 is 9.53 Å². The molecule has 0 radical (unpaired) electrons. The van der Waals surface area contributed by atoms with Crippen LogP contribution in [0.5, 0.6) is 0 Å². The summed E-state index contributed by atoms with van der Waals surface area (Å²) < 4.78 is 4.99. The van der Waals surface area contributed by atoms with Crippen LogP contribution in [0.25, 0.3) is 0 Å². The molecular formula is C13H20ClN3O2. The highest BCUT2D eigenvalue weighted by atomic mass is 35.5. The molecule has 106 valence electrons. The number of halogens is 1. The molecule has 0 saturated heterocycles. The molecule has 1 aromatic rings. The third-order valence-electron chi connectivity index (χ3n) is 2.64. The Bertz CT molecular complexity index is 426. The van der Waals surface area contributed by atoms with Gasteiger partial charge in [0.1, 0.15) is 11.5 Å². The molecule has 0 spiro atoms. The molecule has 1 amide bonds. The molecule has 6 heteroatoms. The SMILES string of the molecule is CCNc1ccc(Cl)c(C(=O)N(CC)CCOC)n1. The summed E-state index contributed by atoms with van der Waals surface area (Å²) in [5, 5.41) is 3.43. The molecule has 0 unspecified atom stereocenters. The number of hydrogen-bond acceptors (Lipinski definition) is 4.